The minimum absolute atomic E-state index is 0.0716. The fourth-order valence-electron chi connectivity index (χ4n) is 4.01. The molecule has 3 aromatic rings. The Bertz CT molecular complexity index is 1250. The van der Waals surface area contributed by atoms with Gasteiger partial charge in [0.2, 0.25) is 5.89 Å². The van der Waals surface area contributed by atoms with Gasteiger partial charge in [-0.2, -0.15) is 4.98 Å². The van der Waals surface area contributed by atoms with Crippen LogP contribution in [0.15, 0.2) is 40.0 Å². The summed E-state index contributed by atoms with van der Waals surface area (Å²) in [5.74, 6) is 3.00. The van der Waals surface area contributed by atoms with Gasteiger partial charge in [0.25, 0.3) is 0 Å². The first kappa shape index (κ1) is 21.7. The fraction of sp³-hybridized carbons (Fsp3) is 0.455. The van der Waals surface area contributed by atoms with Crippen molar-refractivity contribution >= 4 is 27.2 Å². The number of anilines is 3. The van der Waals surface area contributed by atoms with E-state index in [0.29, 0.717) is 5.82 Å². The van der Waals surface area contributed by atoms with Crippen molar-refractivity contribution in [2.75, 3.05) is 29.6 Å². The van der Waals surface area contributed by atoms with Crippen molar-refractivity contribution in [1.29, 1.82) is 0 Å². The van der Waals surface area contributed by atoms with Gasteiger partial charge in [0.05, 0.1) is 10.6 Å². The van der Waals surface area contributed by atoms with Crippen LogP contribution < -0.4 is 10.2 Å². The molecule has 0 atom stereocenters. The predicted molar refractivity (Wildman–Crippen MR) is 120 cm³/mol. The van der Waals surface area contributed by atoms with E-state index in [1.54, 1.807) is 6.07 Å². The first-order valence-electron chi connectivity index (χ1n) is 11.0. The SMILES string of the molecule is CS(=O)(=O)c1ccc(Nc2cc(N3CCC(c4nc(CC5CC5)no4)CC3)ncn2)c(F)c1. The lowest BCUT2D eigenvalue weighted by atomic mass is 9.97. The van der Waals surface area contributed by atoms with Crippen LogP contribution in [0.1, 0.15) is 43.3 Å². The number of nitrogens with one attached hydrogen (secondary N) is 1. The van der Waals surface area contributed by atoms with Crippen LogP contribution in [0.4, 0.5) is 21.7 Å². The highest BCUT2D eigenvalue weighted by atomic mass is 32.2. The van der Waals surface area contributed by atoms with Gasteiger partial charge in [-0.1, -0.05) is 5.16 Å². The predicted octanol–water partition coefficient (Wildman–Crippen LogP) is 3.48. The minimum atomic E-state index is -3.48. The average Bonchev–Trinajstić information content (AvgIpc) is 3.49. The second kappa shape index (κ2) is 8.69. The first-order valence-corrected chi connectivity index (χ1v) is 12.9. The molecule has 5 rings (SSSR count). The summed E-state index contributed by atoms with van der Waals surface area (Å²) in [6.45, 7) is 1.55. The third kappa shape index (κ3) is 5.13. The normalized spacial score (nSPS) is 17.3. The van der Waals surface area contributed by atoms with Crippen molar-refractivity contribution in [2.45, 2.75) is 42.9 Å². The molecule has 1 saturated carbocycles. The molecule has 0 radical (unpaired) electrons. The van der Waals surface area contributed by atoms with E-state index < -0.39 is 15.7 Å². The topological polar surface area (TPSA) is 114 Å². The van der Waals surface area contributed by atoms with Gasteiger partial charge in [-0.3, -0.25) is 0 Å². The van der Waals surface area contributed by atoms with E-state index in [0.717, 1.165) is 68.1 Å². The van der Waals surface area contributed by atoms with Crippen molar-refractivity contribution < 1.29 is 17.3 Å². The molecule has 0 amide bonds. The van der Waals surface area contributed by atoms with Crippen LogP contribution in [0.5, 0.6) is 0 Å². The van der Waals surface area contributed by atoms with Gasteiger partial charge in [-0.15, -0.1) is 0 Å². The summed E-state index contributed by atoms with van der Waals surface area (Å²) in [5, 5.41) is 7.04. The molecule has 2 aromatic heterocycles. The van der Waals surface area contributed by atoms with Crippen LogP contribution in [0.25, 0.3) is 0 Å². The van der Waals surface area contributed by atoms with E-state index in [1.165, 1.54) is 31.3 Å². The lowest BCUT2D eigenvalue weighted by Gasteiger charge is -2.31. The number of sulfone groups is 1. The monoisotopic (exact) mass is 472 g/mol. The Morgan fingerprint density at radius 2 is 1.94 bits per heavy atom. The summed E-state index contributed by atoms with van der Waals surface area (Å²) in [6, 6.07) is 5.50. The number of halogens is 1. The van der Waals surface area contributed by atoms with Crippen molar-refractivity contribution in [3.8, 4) is 0 Å². The molecule has 0 spiro atoms. The lowest BCUT2D eigenvalue weighted by molar-refractivity contribution is 0.326. The highest BCUT2D eigenvalue weighted by Gasteiger charge is 2.28. The van der Waals surface area contributed by atoms with Crippen molar-refractivity contribution in [3.05, 3.63) is 48.1 Å². The molecule has 3 heterocycles. The number of piperidine rings is 1. The van der Waals surface area contributed by atoms with Crippen LogP contribution >= 0.6 is 0 Å². The molecule has 1 aromatic carbocycles. The zero-order valence-corrected chi connectivity index (χ0v) is 19.1. The Balaban J connectivity index is 1.22. The van der Waals surface area contributed by atoms with Gasteiger partial charge < -0.3 is 14.7 Å². The van der Waals surface area contributed by atoms with Gasteiger partial charge >= 0.3 is 0 Å². The Hall–Kier alpha value is -3.08. The molecule has 11 heteroatoms. The second-order valence-electron chi connectivity index (χ2n) is 8.76. The number of hydrogen-bond donors (Lipinski definition) is 1. The highest BCUT2D eigenvalue weighted by molar-refractivity contribution is 7.90. The zero-order chi connectivity index (χ0) is 23.0. The molecule has 1 aliphatic carbocycles. The van der Waals surface area contributed by atoms with Crippen LogP contribution in [0.2, 0.25) is 0 Å². The van der Waals surface area contributed by atoms with Crippen LogP contribution in [0.3, 0.4) is 0 Å². The summed E-state index contributed by atoms with van der Waals surface area (Å²) in [6.07, 6.45) is 7.65. The Morgan fingerprint density at radius 1 is 1.15 bits per heavy atom. The van der Waals surface area contributed by atoms with E-state index in [2.05, 4.69) is 30.3 Å². The molecule has 2 fully saturated rings. The Morgan fingerprint density at radius 3 is 2.64 bits per heavy atom. The summed E-state index contributed by atoms with van der Waals surface area (Å²) in [5.41, 5.74) is 0.143. The van der Waals surface area contributed by atoms with E-state index in [4.69, 9.17) is 4.52 Å². The standard InChI is InChI=1S/C22H25FN6O3S/c1-33(30,31)16-4-5-18(17(23)11-16)26-19-12-21(25-13-24-19)29-8-6-15(7-9-29)22-27-20(28-32-22)10-14-2-3-14/h4-5,11-15H,2-3,6-10H2,1H3,(H,24,25,26). The molecule has 174 valence electrons. The zero-order valence-electron chi connectivity index (χ0n) is 18.2. The maximum atomic E-state index is 14.4. The van der Waals surface area contributed by atoms with Crippen molar-refractivity contribution in [1.82, 2.24) is 20.1 Å². The van der Waals surface area contributed by atoms with Crippen LogP contribution in [-0.4, -0.2) is 47.9 Å². The quantitative estimate of drug-likeness (QED) is 0.552. The second-order valence-corrected chi connectivity index (χ2v) is 10.8. The molecule has 9 nitrogen and oxygen atoms in total. The largest absolute Gasteiger partial charge is 0.356 e. The highest BCUT2D eigenvalue weighted by Crippen LogP contribution is 2.33. The van der Waals surface area contributed by atoms with E-state index >= 15 is 0 Å². The third-order valence-electron chi connectivity index (χ3n) is 6.10. The van der Waals surface area contributed by atoms with Crippen LogP contribution in [-0.2, 0) is 16.3 Å². The van der Waals surface area contributed by atoms with Gasteiger partial charge in [0.15, 0.2) is 15.7 Å². The molecule has 1 N–H and O–H groups in total. The number of rotatable bonds is 7. The molecule has 0 bridgehead atoms. The number of nitrogens with zero attached hydrogens (tertiary/aromatic N) is 5. The van der Waals surface area contributed by atoms with Gasteiger partial charge in [-0.05, 0) is 49.8 Å². The van der Waals surface area contributed by atoms with E-state index in [-0.39, 0.29) is 16.5 Å². The van der Waals surface area contributed by atoms with E-state index in [1.807, 2.05) is 0 Å². The molecular formula is C22H25FN6O3S. The molecule has 0 unspecified atom stereocenters. The maximum absolute atomic E-state index is 14.4. The lowest BCUT2D eigenvalue weighted by Crippen LogP contribution is -2.33. The fourth-order valence-corrected chi connectivity index (χ4v) is 4.64. The first-order chi connectivity index (χ1) is 15.8. The van der Waals surface area contributed by atoms with Crippen molar-refractivity contribution in [2.24, 2.45) is 5.92 Å². The van der Waals surface area contributed by atoms with E-state index in [9.17, 15) is 12.8 Å². The molecular weight excluding hydrogens is 447 g/mol. The summed E-state index contributed by atoms with van der Waals surface area (Å²) in [7, 11) is -3.48. The number of benzene rings is 1. The van der Waals surface area contributed by atoms with Gasteiger partial charge in [0.1, 0.15) is 23.8 Å². The average molecular weight is 473 g/mol. The third-order valence-corrected chi connectivity index (χ3v) is 7.21. The molecule has 1 aliphatic heterocycles. The van der Waals surface area contributed by atoms with Crippen LogP contribution in [0, 0.1) is 11.7 Å². The maximum Gasteiger partial charge on any atom is 0.229 e. The minimum Gasteiger partial charge on any atom is -0.356 e. The summed E-state index contributed by atoms with van der Waals surface area (Å²) >= 11 is 0. The number of hydrogen-bond acceptors (Lipinski definition) is 9. The number of aromatic nitrogens is 4. The summed E-state index contributed by atoms with van der Waals surface area (Å²) < 4.78 is 43.1. The van der Waals surface area contributed by atoms with Crippen molar-refractivity contribution in [3.63, 3.8) is 0 Å². The molecule has 33 heavy (non-hydrogen) atoms. The van der Waals surface area contributed by atoms with Gasteiger partial charge in [0, 0.05) is 37.8 Å². The smallest absolute Gasteiger partial charge is 0.229 e. The molecule has 1 saturated heterocycles. The molecule has 2 aliphatic rings. The van der Waals surface area contributed by atoms with Gasteiger partial charge in [-0.25, -0.2) is 22.8 Å². The Labute approximate surface area is 191 Å². The summed E-state index contributed by atoms with van der Waals surface area (Å²) in [4.78, 5) is 15.2. The Kier molecular flexibility index (Phi) is 5.73.